The van der Waals surface area contributed by atoms with Crippen molar-refractivity contribution >= 4 is 11.7 Å². The lowest BCUT2D eigenvalue weighted by molar-refractivity contribution is 0.0939. The van der Waals surface area contributed by atoms with Gasteiger partial charge in [0.15, 0.2) is 0 Å². The number of rotatable bonds is 6. The zero-order chi connectivity index (χ0) is 15.1. The van der Waals surface area contributed by atoms with Crippen molar-refractivity contribution < 1.29 is 4.79 Å². The molecule has 0 saturated carbocycles. The molecule has 1 unspecified atom stereocenters. The standard InChI is InChI=1S/C16H20N4O/c1-3-8-18-15-11-13(7-10-19-15)16(21)20-12(2)14-6-4-5-9-17-14/h4-7,9-12H,3,8H2,1-2H3,(H,18,19)(H,20,21). The van der Waals surface area contributed by atoms with Gasteiger partial charge in [0.25, 0.3) is 5.91 Å². The topological polar surface area (TPSA) is 66.9 Å². The second-order valence-corrected chi connectivity index (χ2v) is 4.81. The highest BCUT2D eigenvalue weighted by atomic mass is 16.1. The first kappa shape index (κ1) is 15.0. The van der Waals surface area contributed by atoms with Crippen LogP contribution in [0.3, 0.4) is 0 Å². The minimum Gasteiger partial charge on any atom is -0.370 e. The van der Waals surface area contributed by atoms with Gasteiger partial charge in [0.2, 0.25) is 0 Å². The number of amides is 1. The summed E-state index contributed by atoms with van der Waals surface area (Å²) >= 11 is 0. The van der Waals surface area contributed by atoms with Crippen molar-refractivity contribution in [1.29, 1.82) is 0 Å². The van der Waals surface area contributed by atoms with Crippen molar-refractivity contribution in [3.63, 3.8) is 0 Å². The number of pyridine rings is 2. The summed E-state index contributed by atoms with van der Waals surface area (Å²) in [5.41, 5.74) is 1.43. The smallest absolute Gasteiger partial charge is 0.251 e. The summed E-state index contributed by atoms with van der Waals surface area (Å²) in [5.74, 6) is 0.588. The molecular weight excluding hydrogens is 264 g/mol. The summed E-state index contributed by atoms with van der Waals surface area (Å²) in [4.78, 5) is 20.7. The minimum absolute atomic E-state index is 0.130. The number of carbonyl (C=O) groups excluding carboxylic acids is 1. The van der Waals surface area contributed by atoms with Gasteiger partial charge in [-0.2, -0.15) is 0 Å². The number of hydrogen-bond donors (Lipinski definition) is 2. The van der Waals surface area contributed by atoms with Crippen LogP contribution in [-0.2, 0) is 0 Å². The van der Waals surface area contributed by atoms with Crippen LogP contribution >= 0.6 is 0 Å². The van der Waals surface area contributed by atoms with Crippen molar-refractivity contribution in [2.45, 2.75) is 26.3 Å². The lowest BCUT2D eigenvalue weighted by atomic mass is 10.2. The molecular formula is C16H20N4O. The first-order valence-electron chi connectivity index (χ1n) is 7.12. The van der Waals surface area contributed by atoms with Gasteiger partial charge in [-0.1, -0.05) is 13.0 Å². The molecule has 0 radical (unpaired) electrons. The molecule has 0 bridgehead atoms. The number of nitrogens with zero attached hydrogens (tertiary/aromatic N) is 2. The first-order chi connectivity index (χ1) is 10.2. The largest absolute Gasteiger partial charge is 0.370 e. The third kappa shape index (κ3) is 4.27. The van der Waals surface area contributed by atoms with Gasteiger partial charge < -0.3 is 10.6 Å². The van der Waals surface area contributed by atoms with Crippen LogP contribution in [-0.4, -0.2) is 22.4 Å². The molecule has 0 aliphatic heterocycles. The molecule has 1 atom stereocenters. The van der Waals surface area contributed by atoms with E-state index in [1.165, 1.54) is 0 Å². The first-order valence-corrected chi connectivity index (χ1v) is 7.12. The number of carbonyl (C=O) groups is 1. The zero-order valence-corrected chi connectivity index (χ0v) is 12.3. The fourth-order valence-electron chi connectivity index (χ4n) is 1.91. The van der Waals surface area contributed by atoms with Crippen LogP contribution in [0.5, 0.6) is 0 Å². The highest BCUT2D eigenvalue weighted by Crippen LogP contribution is 2.11. The second-order valence-electron chi connectivity index (χ2n) is 4.81. The number of hydrogen-bond acceptors (Lipinski definition) is 4. The maximum Gasteiger partial charge on any atom is 0.251 e. The molecule has 0 aliphatic carbocycles. The van der Waals surface area contributed by atoms with Crippen LogP contribution < -0.4 is 10.6 Å². The summed E-state index contributed by atoms with van der Waals surface area (Å²) < 4.78 is 0. The molecule has 0 aliphatic rings. The van der Waals surface area contributed by atoms with E-state index in [0.717, 1.165) is 24.5 Å². The molecule has 2 rings (SSSR count). The van der Waals surface area contributed by atoms with Gasteiger partial charge in [0, 0.05) is 24.5 Å². The molecule has 21 heavy (non-hydrogen) atoms. The maximum absolute atomic E-state index is 12.3. The van der Waals surface area contributed by atoms with E-state index in [1.807, 2.05) is 25.1 Å². The van der Waals surface area contributed by atoms with E-state index in [1.54, 1.807) is 24.5 Å². The second kappa shape index (κ2) is 7.38. The van der Waals surface area contributed by atoms with Crippen LogP contribution in [0, 0.1) is 0 Å². The lowest BCUT2D eigenvalue weighted by Gasteiger charge is -2.13. The van der Waals surface area contributed by atoms with E-state index in [9.17, 15) is 4.79 Å². The van der Waals surface area contributed by atoms with E-state index in [-0.39, 0.29) is 11.9 Å². The zero-order valence-electron chi connectivity index (χ0n) is 12.3. The Morgan fingerprint density at radius 1 is 1.24 bits per heavy atom. The van der Waals surface area contributed by atoms with Crippen molar-refractivity contribution in [1.82, 2.24) is 15.3 Å². The molecule has 5 heteroatoms. The van der Waals surface area contributed by atoms with Gasteiger partial charge in [-0.3, -0.25) is 9.78 Å². The van der Waals surface area contributed by atoms with Crippen LogP contribution in [0.25, 0.3) is 0 Å². The predicted octanol–water partition coefficient (Wildman–Crippen LogP) is 2.79. The quantitative estimate of drug-likeness (QED) is 0.856. The molecule has 0 aromatic carbocycles. The van der Waals surface area contributed by atoms with E-state index in [0.29, 0.717) is 5.56 Å². The van der Waals surface area contributed by atoms with E-state index >= 15 is 0 Å². The van der Waals surface area contributed by atoms with Crippen LogP contribution in [0.15, 0.2) is 42.7 Å². The normalized spacial score (nSPS) is 11.7. The molecule has 0 saturated heterocycles. The molecule has 2 aromatic rings. The van der Waals surface area contributed by atoms with Gasteiger partial charge in [-0.25, -0.2) is 4.98 Å². The monoisotopic (exact) mass is 284 g/mol. The number of anilines is 1. The van der Waals surface area contributed by atoms with Gasteiger partial charge in [0.05, 0.1) is 11.7 Å². The average Bonchev–Trinajstić information content (AvgIpc) is 2.54. The molecule has 0 fully saturated rings. The van der Waals surface area contributed by atoms with E-state index in [4.69, 9.17) is 0 Å². The van der Waals surface area contributed by atoms with Crippen molar-refractivity contribution in [3.8, 4) is 0 Å². The molecule has 2 N–H and O–H groups in total. The van der Waals surface area contributed by atoms with Crippen molar-refractivity contribution in [3.05, 3.63) is 54.0 Å². The SMILES string of the molecule is CCCNc1cc(C(=O)NC(C)c2ccccn2)ccn1. The molecule has 2 aromatic heterocycles. The van der Waals surface area contributed by atoms with E-state index < -0.39 is 0 Å². The average molecular weight is 284 g/mol. The Morgan fingerprint density at radius 3 is 2.81 bits per heavy atom. The highest BCUT2D eigenvalue weighted by Gasteiger charge is 2.12. The summed E-state index contributed by atoms with van der Waals surface area (Å²) in [7, 11) is 0. The van der Waals surface area contributed by atoms with Gasteiger partial charge >= 0.3 is 0 Å². The fourth-order valence-corrected chi connectivity index (χ4v) is 1.91. The Hall–Kier alpha value is -2.43. The predicted molar refractivity (Wildman–Crippen MR) is 83.1 cm³/mol. The Bertz CT molecular complexity index is 586. The fraction of sp³-hybridized carbons (Fsp3) is 0.312. The molecule has 1 amide bonds. The number of aromatic nitrogens is 2. The summed E-state index contributed by atoms with van der Waals surface area (Å²) in [5, 5.41) is 6.11. The Balaban J connectivity index is 2.03. The minimum atomic E-state index is -0.140. The molecule has 0 spiro atoms. The van der Waals surface area contributed by atoms with Crippen LogP contribution in [0.2, 0.25) is 0 Å². The van der Waals surface area contributed by atoms with Crippen LogP contribution in [0.4, 0.5) is 5.82 Å². The third-order valence-corrected chi connectivity index (χ3v) is 3.06. The third-order valence-electron chi connectivity index (χ3n) is 3.06. The van der Waals surface area contributed by atoms with Gasteiger partial charge in [0.1, 0.15) is 5.82 Å². The maximum atomic E-state index is 12.3. The van der Waals surface area contributed by atoms with Gasteiger partial charge in [-0.15, -0.1) is 0 Å². The Labute approximate surface area is 124 Å². The van der Waals surface area contributed by atoms with Crippen LogP contribution in [0.1, 0.15) is 42.4 Å². The highest BCUT2D eigenvalue weighted by molar-refractivity contribution is 5.95. The molecule has 2 heterocycles. The summed E-state index contributed by atoms with van der Waals surface area (Å²) in [6, 6.07) is 8.98. The Kier molecular flexibility index (Phi) is 5.26. The number of nitrogens with one attached hydrogen (secondary N) is 2. The summed E-state index contributed by atoms with van der Waals surface area (Å²) in [6.45, 7) is 4.83. The van der Waals surface area contributed by atoms with Crippen molar-refractivity contribution in [2.24, 2.45) is 0 Å². The Morgan fingerprint density at radius 2 is 2.10 bits per heavy atom. The van der Waals surface area contributed by atoms with Gasteiger partial charge in [-0.05, 0) is 37.6 Å². The summed E-state index contributed by atoms with van der Waals surface area (Å²) in [6.07, 6.45) is 4.37. The van der Waals surface area contributed by atoms with E-state index in [2.05, 4.69) is 27.5 Å². The lowest BCUT2D eigenvalue weighted by Crippen LogP contribution is -2.27. The van der Waals surface area contributed by atoms with Crippen molar-refractivity contribution in [2.75, 3.05) is 11.9 Å². The molecule has 110 valence electrons. The molecule has 5 nitrogen and oxygen atoms in total.